The Kier molecular flexibility index (Phi) is 6.07. The topological polar surface area (TPSA) is 57.6 Å². The molecule has 0 radical (unpaired) electrons. The van der Waals surface area contributed by atoms with Gasteiger partial charge in [-0.3, -0.25) is 4.79 Å². The number of amides is 1. The van der Waals surface area contributed by atoms with E-state index >= 15 is 0 Å². The van der Waals surface area contributed by atoms with Gasteiger partial charge in [0.1, 0.15) is 6.04 Å². The molecule has 1 aliphatic carbocycles. The lowest BCUT2D eigenvalue weighted by atomic mass is 9.79. The molecule has 0 aromatic rings. The van der Waals surface area contributed by atoms with Crippen LogP contribution < -0.4 is 0 Å². The van der Waals surface area contributed by atoms with Crippen LogP contribution in [-0.2, 0) is 9.59 Å². The second kappa shape index (κ2) is 7.81. The third-order valence-electron chi connectivity index (χ3n) is 5.23. The van der Waals surface area contributed by atoms with E-state index in [1.54, 1.807) is 4.90 Å². The van der Waals surface area contributed by atoms with Crippen molar-refractivity contribution >= 4 is 11.9 Å². The molecule has 0 spiro atoms. The summed E-state index contributed by atoms with van der Waals surface area (Å²) in [5, 5.41) is 9.30. The van der Waals surface area contributed by atoms with Crippen molar-refractivity contribution in [1.29, 1.82) is 0 Å². The number of piperidine rings is 1. The van der Waals surface area contributed by atoms with Crippen molar-refractivity contribution < 1.29 is 14.7 Å². The Balaban J connectivity index is 1.87. The summed E-state index contributed by atoms with van der Waals surface area (Å²) in [6.45, 7) is 2.85. The lowest BCUT2D eigenvalue weighted by Gasteiger charge is -2.37. The SMILES string of the molecule is CCCCC1CCC(C(=O)N2CCCC[C@H]2C(=O)O)CC1. The average Bonchev–Trinajstić information content (AvgIpc) is 2.52. The molecule has 1 saturated carbocycles. The molecule has 1 amide bonds. The summed E-state index contributed by atoms with van der Waals surface area (Å²) in [6, 6.07) is -0.580. The first-order chi connectivity index (χ1) is 10.1. The van der Waals surface area contributed by atoms with Crippen LogP contribution in [0, 0.1) is 11.8 Å². The lowest BCUT2D eigenvalue weighted by molar-refractivity contribution is -0.154. The van der Waals surface area contributed by atoms with Crippen molar-refractivity contribution in [3.8, 4) is 0 Å². The maximum atomic E-state index is 12.7. The average molecular weight is 295 g/mol. The summed E-state index contributed by atoms with van der Waals surface area (Å²) >= 11 is 0. The van der Waals surface area contributed by atoms with Crippen LogP contribution in [0.4, 0.5) is 0 Å². The molecule has 1 saturated heterocycles. The Labute approximate surface area is 127 Å². The van der Waals surface area contributed by atoms with Gasteiger partial charge in [0.2, 0.25) is 5.91 Å². The number of aliphatic carboxylic acids is 1. The molecule has 1 N–H and O–H groups in total. The number of nitrogens with zero attached hydrogens (tertiary/aromatic N) is 1. The number of carbonyl (C=O) groups is 2. The molecule has 0 aromatic heterocycles. The number of carboxylic acids is 1. The Bertz CT molecular complexity index is 361. The van der Waals surface area contributed by atoms with Crippen LogP contribution in [0.15, 0.2) is 0 Å². The number of unbranched alkanes of at least 4 members (excludes halogenated alkanes) is 1. The van der Waals surface area contributed by atoms with Gasteiger partial charge in [-0.15, -0.1) is 0 Å². The van der Waals surface area contributed by atoms with E-state index in [0.29, 0.717) is 13.0 Å². The van der Waals surface area contributed by atoms with Crippen molar-refractivity contribution in [1.82, 2.24) is 4.90 Å². The number of likely N-dealkylation sites (tertiary alicyclic amines) is 1. The summed E-state index contributed by atoms with van der Waals surface area (Å²) in [4.78, 5) is 25.6. The van der Waals surface area contributed by atoms with Crippen LogP contribution in [0.2, 0.25) is 0 Å². The molecule has 120 valence electrons. The third-order valence-corrected chi connectivity index (χ3v) is 5.23. The molecule has 1 heterocycles. The van der Waals surface area contributed by atoms with Crippen molar-refractivity contribution in [3.63, 3.8) is 0 Å². The van der Waals surface area contributed by atoms with Crippen LogP contribution in [0.25, 0.3) is 0 Å². The molecule has 4 nitrogen and oxygen atoms in total. The van der Waals surface area contributed by atoms with Crippen molar-refractivity contribution in [2.45, 2.75) is 77.2 Å². The highest BCUT2D eigenvalue weighted by Gasteiger charge is 2.36. The van der Waals surface area contributed by atoms with E-state index in [-0.39, 0.29) is 11.8 Å². The monoisotopic (exact) mass is 295 g/mol. The molecule has 4 heteroatoms. The van der Waals surface area contributed by atoms with E-state index in [1.165, 1.54) is 19.3 Å². The Morgan fingerprint density at radius 3 is 2.43 bits per heavy atom. The Morgan fingerprint density at radius 1 is 1.10 bits per heavy atom. The Morgan fingerprint density at radius 2 is 1.81 bits per heavy atom. The number of hydrogen-bond acceptors (Lipinski definition) is 2. The van der Waals surface area contributed by atoms with Gasteiger partial charge < -0.3 is 10.0 Å². The van der Waals surface area contributed by atoms with Crippen molar-refractivity contribution in [2.75, 3.05) is 6.54 Å². The largest absolute Gasteiger partial charge is 0.480 e. The summed E-state index contributed by atoms with van der Waals surface area (Å²) in [6.07, 6.45) is 10.5. The van der Waals surface area contributed by atoms with Gasteiger partial charge in [0.25, 0.3) is 0 Å². The molecule has 21 heavy (non-hydrogen) atoms. The van der Waals surface area contributed by atoms with Gasteiger partial charge in [-0.25, -0.2) is 4.79 Å². The van der Waals surface area contributed by atoms with Gasteiger partial charge >= 0.3 is 5.97 Å². The second-order valence-corrected chi connectivity index (χ2v) is 6.74. The van der Waals surface area contributed by atoms with Gasteiger partial charge in [0.15, 0.2) is 0 Å². The van der Waals surface area contributed by atoms with Crippen molar-refractivity contribution in [2.24, 2.45) is 11.8 Å². The highest BCUT2D eigenvalue weighted by Crippen LogP contribution is 2.34. The quantitative estimate of drug-likeness (QED) is 0.845. The fraction of sp³-hybridized carbons (Fsp3) is 0.882. The minimum atomic E-state index is -0.834. The first kappa shape index (κ1) is 16.3. The van der Waals surface area contributed by atoms with Crippen molar-refractivity contribution in [3.05, 3.63) is 0 Å². The zero-order chi connectivity index (χ0) is 15.2. The van der Waals surface area contributed by atoms with Crippen LogP contribution in [0.3, 0.4) is 0 Å². The summed E-state index contributed by atoms with van der Waals surface area (Å²) < 4.78 is 0. The molecule has 0 unspecified atom stereocenters. The van der Waals surface area contributed by atoms with E-state index < -0.39 is 12.0 Å². The molecular formula is C17H29NO3. The van der Waals surface area contributed by atoms with E-state index in [0.717, 1.165) is 44.4 Å². The predicted molar refractivity (Wildman–Crippen MR) is 82.0 cm³/mol. The minimum Gasteiger partial charge on any atom is -0.480 e. The van der Waals surface area contributed by atoms with Gasteiger partial charge in [0, 0.05) is 12.5 Å². The number of carboxylic acid groups (broad SMARTS) is 1. The van der Waals surface area contributed by atoms with Gasteiger partial charge in [-0.05, 0) is 50.9 Å². The molecule has 2 aliphatic rings. The molecule has 0 bridgehead atoms. The summed E-state index contributed by atoms with van der Waals surface area (Å²) in [5.74, 6) is 0.129. The van der Waals surface area contributed by atoms with Gasteiger partial charge in [-0.1, -0.05) is 26.2 Å². The fourth-order valence-corrected chi connectivity index (χ4v) is 3.88. The number of carbonyl (C=O) groups excluding carboxylic acids is 1. The van der Waals surface area contributed by atoms with Gasteiger partial charge in [-0.2, -0.15) is 0 Å². The van der Waals surface area contributed by atoms with E-state index in [1.807, 2.05) is 0 Å². The second-order valence-electron chi connectivity index (χ2n) is 6.74. The lowest BCUT2D eigenvalue weighted by Crippen LogP contribution is -2.50. The maximum absolute atomic E-state index is 12.7. The molecule has 1 atom stereocenters. The molecular weight excluding hydrogens is 266 g/mol. The number of hydrogen-bond donors (Lipinski definition) is 1. The number of rotatable bonds is 5. The standard InChI is InChI=1S/C17H29NO3/c1-2-3-6-13-8-10-14(11-9-13)16(19)18-12-5-4-7-15(18)17(20)21/h13-15H,2-12H2,1H3,(H,20,21)/t13?,14?,15-/m0/s1. The fourth-order valence-electron chi connectivity index (χ4n) is 3.88. The van der Waals surface area contributed by atoms with E-state index in [4.69, 9.17) is 0 Å². The molecule has 2 fully saturated rings. The smallest absolute Gasteiger partial charge is 0.326 e. The zero-order valence-corrected chi connectivity index (χ0v) is 13.2. The summed E-state index contributed by atoms with van der Waals surface area (Å²) in [5.41, 5.74) is 0. The van der Waals surface area contributed by atoms with Crippen LogP contribution in [-0.4, -0.2) is 34.5 Å². The van der Waals surface area contributed by atoms with E-state index in [2.05, 4.69) is 6.92 Å². The third kappa shape index (κ3) is 4.21. The molecule has 2 rings (SSSR count). The molecule has 1 aliphatic heterocycles. The highest BCUT2D eigenvalue weighted by molar-refractivity contribution is 5.85. The van der Waals surface area contributed by atoms with Crippen LogP contribution in [0.1, 0.15) is 71.1 Å². The normalized spacial score (nSPS) is 30.1. The molecule has 0 aromatic carbocycles. The minimum absolute atomic E-state index is 0.0721. The maximum Gasteiger partial charge on any atom is 0.326 e. The van der Waals surface area contributed by atoms with Crippen LogP contribution in [0.5, 0.6) is 0 Å². The first-order valence-corrected chi connectivity index (χ1v) is 8.66. The highest BCUT2D eigenvalue weighted by atomic mass is 16.4. The van der Waals surface area contributed by atoms with E-state index in [9.17, 15) is 14.7 Å². The predicted octanol–water partition coefficient (Wildman–Crippen LogP) is 3.45. The zero-order valence-electron chi connectivity index (χ0n) is 13.2. The van der Waals surface area contributed by atoms with Gasteiger partial charge in [0.05, 0.1) is 0 Å². The summed E-state index contributed by atoms with van der Waals surface area (Å²) in [7, 11) is 0. The van der Waals surface area contributed by atoms with Crippen LogP contribution >= 0.6 is 0 Å². The first-order valence-electron chi connectivity index (χ1n) is 8.66. The Hall–Kier alpha value is -1.06.